The minimum absolute atomic E-state index is 0.0446. The predicted octanol–water partition coefficient (Wildman–Crippen LogP) is 1.72. The second-order valence-electron chi connectivity index (χ2n) is 7.23. The molecule has 0 saturated carbocycles. The molecule has 3 aromatic rings. The van der Waals surface area contributed by atoms with Gasteiger partial charge >= 0.3 is 5.97 Å². The van der Waals surface area contributed by atoms with Crippen LogP contribution in [0.1, 0.15) is 18.2 Å². The van der Waals surface area contributed by atoms with E-state index in [-0.39, 0.29) is 12.8 Å². The van der Waals surface area contributed by atoms with Crippen molar-refractivity contribution in [1.82, 2.24) is 20.6 Å². The predicted molar refractivity (Wildman–Crippen MR) is 115 cm³/mol. The number of nitrogens with zero attached hydrogens (tertiary/aromatic N) is 2. The number of para-hydroxylation sites is 2. The van der Waals surface area contributed by atoms with Crippen LogP contribution in [0.5, 0.6) is 0 Å². The van der Waals surface area contributed by atoms with Crippen molar-refractivity contribution in [2.24, 2.45) is 0 Å². The Kier molecular flexibility index (Phi) is 7.43. The summed E-state index contributed by atoms with van der Waals surface area (Å²) in [5.74, 6) is -2.15. The van der Waals surface area contributed by atoms with E-state index in [1.165, 1.54) is 38.4 Å². The molecule has 32 heavy (non-hydrogen) atoms. The monoisotopic (exact) mass is 438 g/mol. The van der Waals surface area contributed by atoms with Gasteiger partial charge < -0.3 is 15.4 Å². The van der Waals surface area contributed by atoms with Crippen LogP contribution in [0.2, 0.25) is 0 Å². The Morgan fingerprint density at radius 3 is 2.44 bits per heavy atom. The third kappa shape index (κ3) is 6.07. The van der Waals surface area contributed by atoms with Crippen LogP contribution in [-0.2, 0) is 32.0 Å². The third-order valence-electron chi connectivity index (χ3n) is 4.74. The minimum atomic E-state index is -1.05. The van der Waals surface area contributed by atoms with E-state index in [2.05, 4.69) is 20.6 Å². The zero-order chi connectivity index (χ0) is 23.1. The Hall–Kier alpha value is -3.88. The number of nitrogens with one attached hydrogen (secondary N) is 2. The van der Waals surface area contributed by atoms with E-state index in [4.69, 9.17) is 4.74 Å². The molecule has 2 N–H and O–H groups in total. The summed E-state index contributed by atoms with van der Waals surface area (Å²) in [6.07, 6.45) is 1.62. The highest BCUT2D eigenvalue weighted by molar-refractivity contribution is 5.90. The lowest BCUT2D eigenvalue weighted by atomic mass is 10.0. The Morgan fingerprint density at radius 2 is 1.75 bits per heavy atom. The summed E-state index contributed by atoms with van der Waals surface area (Å²) >= 11 is 0. The van der Waals surface area contributed by atoms with Gasteiger partial charge in [-0.25, -0.2) is 14.2 Å². The average Bonchev–Trinajstić information content (AvgIpc) is 2.77. The first-order valence-electron chi connectivity index (χ1n) is 9.96. The number of methoxy groups -OCH3 is 1. The lowest BCUT2D eigenvalue weighted by Gasteiger charge is -2.22. The molecule has 9 heteroatoms. The van der Waals surface area contributed by atoms with Crippen molar-refractivity contribution in [3.05, 3.63) is 71.8 Å². The van der Waals surface area contributed by atoms with E-state index < -0.39 is 35.7 Å². The quantitative estimate of drug-likeness (QED) is 0.518. The highest BCUT2D eigenvalue weighted by atomic mass is 19.1. The number of rotatable bonds is 8. The summed E-state index contributed by atoms with van der Waals surface area (Å²) < 4.78 is 18.4. The molecule has 0 aliphatic carbocycles. The van der Waals surface area contributed by atoms with Crippen LogP contribution < -0.4 is 10.6 Å². The van der Waals surface area contributed by atoms with E-state index in [1.54, 1.807) is 12.1 Å². The Bertz CT molecular complexity index is 1140. The number of hydrogen-bond donors (Lipinski definition) is 2. The fourth-order valence-electron chi connectivity index (χ4n) is 3.27. The maximum Gasteiger partial charge on any atom is 0.328 e. The van der Waals surface area contributed by atoms with Gasteiger partial charge in [0.15, 0.2) is 0 Å². The SMILES string of the molecule is COC(=O)[C@H](Cc1cnc2ccccc2n1)NC(=O)[C@H](Cc1cccc(F)c1)NC(C)=O. The molecule has 0 spiro atoms. The summed E-state index contributed by atoms with van der Waals surface area (Å²) in [6.45, 7) is 1.27. The van der Waals surface area contributed by atoms with Crippen molar-refractivity contribution in [3.63, 3.8) is 0 Å². The largest absolute Gasteiger partial charge is 0.467 e. The first-order valence-corrected chi connectivity index (χ1v) is 9.96. The van der Waals surface area contributed by atoms with Crippen molar-refractivity contribution in [2.45, 2.75) is 31.8 Å². The van der Waals surface area contributed by atoms with Crippen LogP contribution in [0.4, 0.5) is 4.39 Å². The number of fused-ring (bicyclic) bond motifs is 1. The van der Waals surface area contributed by atoms with Crippen molar-refractivity contribution in [1.29, 1.82) is 0 Å². The van der Waals surface area contributed by atoms with Gasteiger partial charge in [0, 0.05) is 26.0 Å². The van der Waals surface area contributed by atoms with Crippen LogP contribution in [0.15, 0.2) is 54.7 Å². The summed E-state index contributed by atoms with van der Waals surface area (Å²) in [6, 6.07) is 10.9. The van der Waals surface area contributed by atoms with Gasteiger partial charge in [-0.2, -0.15) is 0 Å². The van der Waals surface area contributed by atoms with Crippen LogP contribution in [0.25, 0.3) is 11.0 Å². The zero-order valence-corrected chi connectivity index (χ0v) is 17.7. The summed E-state index contributed by atoms with van der Waals surface area (Å²) in [7, 11) is 1.21. The average molecular weight is 438 g/mol. The molecule has 166 valence electrons. The highest BCUT2D eigenvalue weighted by Crippen LogP contribution is 2.11. The Balaban J connectivity index is 1.78. The fourth-order valence-corrected chi connectivity index (χ4v) is 3.27. The highest BCUT2D eigenvalue weighted by Gasteiger charge is 2.28. The topological polar surface area (TPSA) is 110 Å². The van der Waals surface area contributed by atoms with E-state index >= 15 is 0 Å². The van der Waals surface area contributed by atoms with Crippen molar-refractivity contribution < 1.29 is 23.5 Å². The maximum absolute atomic E-state index is 13.5. The molecule has 0 aliphatic heterocycles. The minimum Gasteiger partial charge on any atom is -0.467 e. The maximum atomic E-state index is 13.5. The van der Waals surface area contributed by atoms with E-state index in [1.807, 2.05) is 18.2 Å². The van der Waals surface area contributed by atoms with Crippen molar-refractivity contribution in [2.75, 3.05) is 7.11 Å². The molecule has 0 fully saturated rings. The number of carbonyl (C=O) groups is 3. The fraction of sp³-hybridized carbons (Fsp3) is 0.261. The van der Waals surface area contributed by atoms with Crippen LogP contribution in [0, 0.1) is 5.82 Å². The number of ether oxygens (including phenoxy) is 1. The summed E-state index contributed by atoms with van der Waals surface area (Å²) in [5.41, 5.74) is 2.37. The van der Waals surface area contributed by atoms with Crippen molar-refractivity contribution >= 4 is 28.8 Å². The smallest absolute Gasteiger partial charge is 0.328 e. The van der Waals surface area contributed by atoms with Gasteiger partial charge in [0.05, 0.1) is 23.8 Å². The zero-order valence-electron chi connectivity index (χ0n) is 17.7. The number of esters is 1. The van der Waals surface area contributed by atoms with Gasteiger partial charge in [-0.1, -0.05) is 24.3 Å². The summed E-state index contributed by atoms with van der Waals surface area (Å²) in [4.78, 5) is 45.7. The molecular weight excluding hydrogens is 415 g/mol. The van der Waals surface area contributed by atoms with Crippen LogP contribution in [0.3, 0.4) is 0 Å². The van der Waals surface area contributed by atoms with Gasteiger partial charge in [-0.15, -0.1) is 0 Å². The summed E-state index contributed by atoms with van der Waals surface area (Å²) in [5, 5.41) is 5.16. The number of hydrogen-bond acceptors (Lipinski definition) is 6. The van der Waals surface area contributed by atoms with Gasteiger partial charge in [0.25, 0.3) is 0 Å². The number of carbonyl (C=O) groups excluding carboxylic acids is 3. The number of benzene rings is 2. The van der Waals surface area contributed by atoms with E-state index in [0.29, 0.717) is 22.3 Å². The molecule has 2 amide bonds. The van der Waals surface area contributed by atoms with Gasteiger partial charge in [0.1, 0.15) is 17.9 Å². The third-order valence-corrected chi connectivity index (χ3v) is 4.74. The molecule has 0 unspecified atom stereocenters. The number of amides is 2. The van der Waals surface area contributed by atoms with Crippen molar-refractivity contribution in [3.8, 4) is 0 Å². The molecule has 0 aliphatic rings. The molecule has 2 atom stereocenters. The standard InChI is InChI=1S/C23H23FN4O4/c1-14(29)26-20(11-15-6-5-7-16(24)10-15)22(30)28-21(23(31)32-2)12-17-13-25-18-8-3-4-9-19(18)27-17/h3-10,13,20-21H,11-12H2,1-2H3,(H,26,29)(H,28,30)/t20-,21-/m0/s1. The number of halogens is 1. The second kappa shape index (κ2) is 10.4. The normalized spacial score (nSPS) is 12.6. The first-order chi connectivity index (χ1) is 15.4. The van der Waals surface area contributed by atoms with Crippen LogP contribution >= 0.6 is 0 Å². The lowest BCUT2D eigenvalue weighted by Crippen LogP contribution is -2.53. The van der Waals surface area contributed by atoms with Gasteiger partial charge in [-0.3, -0.25) is 14.6 Å². The molecule has 0 bridgehead atoms. The molecule has 0 radical (unpaired) electrons. The molecule has 2 aromatic carbocycles. The lowest BCUT2D eigenvalue weighted by molar-refractivity contribution is -0.145. The van der Waals surface area contributed by atoms with Gasteiger partial charge in [0.2, 0.25) is 11.8 Å². The molecular formula is C23H23FN4O4. The Labute approximate surface area is 184 Å². The Morgan fingerprint density at radius 1 is 1.00 bits per heavy atom. The van der Waals surface area contributed by atoms with E-state index in [0.717, 1.165) is 0 Å². The molecule has 1 heterocycles. The van der Waals surface area contributed by atoms with Crippen LogP contribution in [-0.4, -0.2) is 46.9 Å². The van der Waals surface area contributed by atoms with Gasteiger partial charge in [-0.05, 0) is 29.8 Å². The first kappa shape index (κ1) is 22.8. The molecule has 8 nitrogen and oxygen atoms in total. The molecule has 1 aromatic heterocycles. The molecule has 0 saturated heterocycles. The number of aromatic nitrogens is 2. The van der Waals surface area contributed by atoms with E-state index in [9.17, 15) is 18.8 Å². The second-order valence-corrected chi connectivity index (χ2v) is 7.23. The molecule has 3 rings (SSSR count).